The SMILES string of the molecule is CCc1ccsc1C(=O)N(C)Cc1n[nH]c(C)n1. The summed E-state index contributed by atoms with van der Waals surface area (Å²) in [7, 11) is 1.77. The van der Waals surface area contributed by atoms with Crippen LogP contribution >= 0.6 is 11.3 Å². The van der Waals surface area contributed by atoms with Crippen molar-refractivity contribution >= 4 is 17.2 Å². The van der Waals surface area contributed by atoms with E-state index in [1.807, 2.05) is 18.4 Å². The molecular weight excluding hydrogens is 248 g/mol. The van der Waals surface area contributed by atoms with Crippen LogP contribution in [-0.2, 0) is 13.0 Å². The molecule has 96 valence electrons. The van der Waals surface area contributed by atoms with Gasteiger partial charge in [-0.15, -0.1) is 11.3 Å². The standard InChI is InChI=1S/C12H16N4OS/c1-4-9-5-6-18-11(9)12(17)16(3)7-10-13-8(2)14-15-10/h5-6H,4,7H2,1-3H3,(H,13,14,15). The Morgan fingerprint density at radius 3 is 2.94 bits per heavy atom. The van der Waals surface area contributed by atoms with Gasteiger partial charge in [0.1, 0.15) is 5.82 Å². The first kappa shape index (κ1) is 12.8. The average Bonchev–Trinajstić information content (AvgIpc) is 2.96. The van der Waals surface area contributed by atoms with Crippen LogP contribution in [0, 0.1) is 6.92 Å². The van der Waals surface area contributed by atoms with Gasteiger partial charge in [-0.25, -0.2) is 4.98 Å². The molecule has 2 aromatic rings. The summed E-state index contributed by atoms with van der Waals surface area (Å²) in [5.74, 6) is 1.43. The third kappa shape index (κ3) is 2.59. The van der Waals surface area contributed by atoms with E-state index >= 15 is 0 Å². The van der Waals surface area contributed by atoms with E-state index in [2.05, 4.69) is 22.1 Å². The number of hydrogen-bond donors (Lipinski definition) is 1. The summed E-state index contributed by atoms with van der Waals surface area (Å²) in [5.41, 5.74) is 1.10. The number of amides is 1. The molecule has 0 fully saturated rings. The van der Waals surface area contributed by atoms with Gasteiger partial charge in [0.25, 0.3) is 5.91 Å². The molecule has 6 heteroatoms. The Kier molecular flexibility index (Phi) is 3.76. The second-order valence-corrected chi connectivity index (χ2v) is 5.04. The summed E-state index contributed by atoms with van der Waals surface area (Å²) >= 11 is 1.49. The fourth-order valence-electron chi connectivity index (χ4n) is 1.72. The van der Waals surface area contributed by atoms with Crippen molar-refractivity contribution in [3.63, 3.8) is 0 Å². The Morgan fingerprint density at radius 2 is 2.33 bits per heavy atom. The van der Waals surface area contributed by atoms with Gasteiger partial charge in [0.15, 0.2) is 5.82 Å². The lowest BCUT2D eigenvalue weighted by molar-refractivity contribution is 0.0785. The molecule has 1 N–H and O–H groups in total. The minimum atomic E-state index is 0.0318. The Hall–Kier alpha value is -1.69. The number of rotatable bonds is 4. The van der Waals surface area contributed by atoms with Crippen molar-refractivity contribution in [1.29, 1.82) is 0 Å². The number of aromatic nitrogens is 3. The van der Waals surface area contributed by atoms with Crippen LogP contribution in [0.4, 0.5) is 0 Å². The molecule has 0 aromatic carbocycles. The highest BCUT2D eigenvalue weighted by molar-refractivity contribution is 7.12. The van der Waals surface area contributed by atoms with Crippen molar-refractivity contribution in [2.24, 2.45) is 0 Å². The molecule has 0 saturated heterocycles. The molecule has 0 unspecified atom stereocenters. The molecule has 0 atom stereocenters. The topological polar surface area (TPSA) is 61.9 Å². The fraction of sp³-hybridized carbons (Fsp3) is 0.417. The van der Waals surface area contributed by atoms with Crippen molar-refractivity contribution < 1.29 is 4.79 Å². The predicted molar refractivity (Wildman–Crippen MR) is 70.6 cm³/mol. The van der Waals surface area contributed by atoms with Crippen LogP contribution < -0.4 is 0 Å². The first-order valence-corrected chi connectivity index (χ1v) is 6.69. The molecule has 0 radical (unpaired) electrons. The maximum absolute atomic E-state index is 12.3. The van der Waals surface area contributed by atoms with Gasteiger partial charge in [0, 0.05) is 7.05 Å². The van der Waals surface area contributed by atoms with Crippen molar-refractivity contribution in [3.8, 4) is 0 Å². The van der Waals surface area contributed by atoms with Gasteiger partial charge in [-0.1, -0.05) is 6.92 Å². The molecular formula is C12H16N4OS. The van der Waals surface area contributed by atoms with Crippen LogP contribution in [0.5, 0.6) is 0 Å². The highest BCUT2D eigenvalue weighted by Gasteiger charge is 2.17. The summed E-state index contributed by atoms with van der Waals surface area (Å²) in [6.45, 7) is 4.31. The van der Waals surface area contributed by atoms with Crippen LogP contribution in [0.3, 0.4) is 0 Å². The molecule has 2 aromatic heterocycles. The Morgan fingerprint density at radius 1 is 1.56 bits per heavy atom. The minimum absolute atomic E-state index is 0.0318. The number of carbonyl (C=O) groups excluding carboxylic acids is 1. The largest absolute Gasteiger partial charge is 0.333 e. The highest BCUT2D eigenvalue weighted by Crippen LogP contribution is 2.19. The molecule has 0 spiro atoms. The van der Waals surface area contributed by atoms with E-state index in [9.17, 15) is 4.79 Å². The van der Waals surface area contributed by atoms with Crippen LogP contribution in [0.1, 0.15) is 33.8 Å². The Balaban J connectivity index is 2.09. The van der Waals surface area contributed by atoms with Crippen molar-refractivity contribution in [1.82, 2.24) is 20.1 Å². The lowest BCUT2D eigenvalue weighted by Crippen LogP contribution is -2.26. The maximum atomic E-state index is 12.3. The summed E-state index contributed by atoms with van der Waals surface area (Å²) in [5, 5.41) is 8.76. The average molecular weight is 264 g/mol. The number of nitrogens with one attached hydrogen (secondary N) is 1. The zero-order valence-corrected chi connectivity index (χ0v) is 11.5. The van der Waals surface area contributed by atoms with E-state index in [0.717, 1.165) is 22.7 Å². The second-order valence-electron chi connectivity index (χ2n) is 4.13. The molecule has 0 saturated carbocycles. The molecule has 1 amide bonds. The lowest BCUT2D eigenvalue weighted by atomic mass is 10.2. The van der Waals surface area contributed by atoms with E-state index < -0.39 is 0 Å². The van der Waals surface area contributed by atoms with E-state index in [0.29, 0.717) is 12.4 Å². The number of nitrogens with zero attached hydrogens (tertiary/aromatic N) is 3. The summed E-state index contributed by atoms with van der Waals surface area (Å²) < 4.78 is 0. The molecule has 0 bridgehead atoms. The van der Waals surface area contributed by atoms with Crippen molar-refractivity contribution in [2.75, 3.05) is 7.05 Å². The minimum Gasteiger partial charge on any atom is -0.333 e. The number of hydrogen-bond acceptors (Lipinski definition) is 4. The molecule has 5 nitrogen and oxygen atoms in total. The summed E-state index contributed by atoms with van der Waals surface area (Å²) in [4.78, 5) is 18.9. The Labute approximate surface area is 110 Å². The fourth-order valence-corrected chi connectivity index (χ4v) is 2.71. The highest BCUT2D eigenvalue weighted by atomic mass is 32.1. The van der Waals surface area contributed by atoms with Gasteiger partial charge in [-0.3, -0.25) is 9.89 Å². The number of thiophene rings is 1. The van der Waals surface area contributed by atoms with Crippen LogP contribution in [0.25, 0.3) is 0 Å². The molecule has 18 heavy (non-hydrogen) atoms. The molecule has 0 aliphatic heterocycles. The van der Waals surface area contributed by atoms with Gasteiger partial charge in [-0.05, 0) is 30.4 Å². The van der Waals surface area contributed by atoms with Crippen molar-refractivity contribution in [2.45, 2.75) is 26.8 Å². The predicted octanol–water partition coefficient (Wildman–Crippen LogP) is 2.01. The number of aromatic amines is 1. The van der Waals surface area contributed by atoms with E-state index in [1.54, 1.807) is 11.9 Å². The molecule has 0 aliphatic carbocycles. The first-order chi connectivity index (χ1) is 8.61. The van der Waals surface area contributed by atoms with Crippen LogP contribution in [0.15, 0.2) is 11.4 Å². The monoisotopic (exact) mass is 264 g/mol. The van der Waals surface area contributed by atoms with Gasteiger partial charge >= 0.3 is 0 Å². The lowest BCUT2D eigenvalue weighted by Gasteiger charge is -2.15. The van der Waals surface area contributed by atoms with Crippen LogP contribution in [0.2, 0.25) is 0 Å². The zero-order chi connectivity index (χ0) is 13.1. The van der Waals surface area contributed by atoms with Gasteiger partial charge in [0.2, 0.25) is 0 Å². The quantitative estimate of drug-likeness (QED) is 0.918. The van der Waals surface area contributed by atoms with E-state index in [-0.39, 0.29) is 5.91 Å². The van der Waals surface area contributed by atoms with Crippen molar-refractivity contribution in [3.05, 3.63) is 33.5 Å². The third-order valence-corrected chi connectivity index (χ3v) is 3.64. The normalized spacial score (nSPS) is 10.6. The summed E-state index contributed by atoms with van der Waals surface area (Å²) in [6, 6.07) is 2.00. The van der Waals surface area contributed by atoms with Gasteiger partial charge in [-0.2, -0.15) is 5.10 Å². The summed E-state index contributed by atoms with van der Waals surface area (Å²) in [6.07, 6.45) is 0.873. The molecule has 2 rings (SSSR count). The first-order valence-electron chi connectivity index (χ1n) is 5.81. The number of carbonyl (C=O) groups is 1. The van der Waals surface area contributed by atoms with Gasteiger partial charge in [0.05, 0.1) is 11.4 Å². The Bertz CT molecular complexity index is 546. The van der Waals surface area contributed by atoms with Gasteiger partial charge < -0.3 is 4.90 Å². The van der Waals surface area contributed by atoms with E-state index in [4.69, 9.17) is 0 Å². The second kappa shape index (κ2) is 5.30. The third-order valence-electron chi connectivity index (χ3n) is 2.69. The zero-order valence-electron chi connectivity index (χ0n) is 10.7. The molecule has 2 heterocycles. The maximum Gasteiger partial charge on any atom is 0.264 e. The van der Waals surface area contributed by atoms with Crippen LogP contribution in [-0.4, -0.2) is 33.0 Å². The number of aryl methyl sites for hydroxylation is 2. The van der Waals surface area contributed by atoms with E-state index in [1.165, 1.54) is 11.3 Å². The molecule has 0 aliphatic rings. The smallest absolute Gasteiger partial charge is 0.264 e. The number of H-pyrrole nitrogens is 1.